The number of anilines is 1. The molecule has 40 heavy (non-hydrogen) atoms. The summed E-state index contributed by atoms with van der Waals surface area (Å²) in [7, 11) is 3.06. The number of esters is 1. The number of pyridine rings is 2. The molecule has 0 atom stereocenters. The van der Waals surface area contributed by atoms with Gasteiger partial charge in [-0.2, -0.15) is 0 Å². The number of carbonyl (C=O) groups is 1. The van der Waals surface area contributed by atoms with Gasteiger partial charge in [-0.15, -0.1) is 0 Å². The Balaban J connectivity index is 1.29. The molecule has 5 rings (SSSR count). The number of benzene rings is 2. The molecular formula is C32H32N4O4. The van der Waals surface area contributed by atoms with Crippen molar-refractivity contribution in [3.8, 4) is 17.1 Å². The van der Waals surface area contributed by atoms with Gasteiger partial charge in [0.15, 0.2) is 0 Å². The maximum atomic E-state index is 11.6. The Morgan fingerprint density at radius 2 is 1.60 bits per heavy atom. The summed E-state index contributed by atoms with van der Waals surface area (Å²) in [5, 5.41) is 4.47. The SMILES string of the molecule is COC(=O)Cc1ccc(-c2cc3cc(OC)c(NCCN(Cc4ccccn4)Cc4ccccn4)cc3o2)cc1. The van der Waals surface area contributed by atoms with E-state index in [-0.39, 0.29) is 12.4 Å². The predicted octanol–water partition coefficient (Wildman–Crippen LogP) is 5.73. The second-order valence-corrected chi connectivity index (χ2v) is 9.43. The second-order valence-electron chi connectivity index (χ2n) is 9.43. The lowest BCUT2D eigenvalue weighted by Gasteiger charge is -2.22. The fourth-order valence-electron chi connectivity index (χ4n) is 4.55. The Hall–Kier alpha value is -4.69. The van der Waals surface area contributed by atoms with Crippen molar-refractivity contribution in [2.75, 3.05) is 32.6 Å². The molecule has 0 saturated carbocycles. The molecule has 0 unspecified atom stereocenters. The Morgan fingerprint density at radius 1 is 0.900 bits per heavy atom. The standard InChI is InChI=1S/C32H32N4O4/c1-38-31-19-25-18-29(24-11-9-23(10-12-24)17-32(37)39-2)40-30(25)20-28(31)35-15-16-36(21-26-7-3-5-13-33-26)22-27-8-4-6-14-34-27/h3-14,18-20,35H,15-17,21-22H2,1-2H3. The maximum Gasteiger partial charge on any atom is 0.309 e. The van der Waals surface area contributed by atoms with Gasteiger partial charge < -0.3 is 19.2 Å². The molecule has 0 aliphatic heterocycles. The van der Waals surface area contributed by atoms with E-state index in [2.05, 4.69) is 20.2 Å². The van der Waals surface area contributed by atoms with Gasteiger partial charge in [-0.05, 0) is 42.0 Å². The minimum atomic E-state index is -0.264. The van der Waals surface area contributed by atoms with Crippen LogP contribution in [0.5, 0.6) is 5.75 Å². The molecule has 1 N–H and O–H groups in total. The molecule has 3 aromatic heterocycles. The van der Waals surface area contributed by atoms with Crippen molar-refractivity contribution in [1.82, 2.24) is 14.9 Å². The number of nitrogens with zero attached hydrogens (tertiary/aromatic N) is 3. The van der Waals surface area contributed by atoms with Crippen LogP contribution in [-0.4, -0.2) is 48.1 Å². The van der Waals surface area contributed by atoms with Crippen molar-refractivity contribution >= 4 is 22.6 Å². The topological polar surface area (TPSA) is 89.7 Å². The molecule has 2 aromatic carbocycles. The number of hydrogen-bond donors (Lipinski definition) is 1. The third-order valence-corrected chi connectivity index (χ3v) is 6.62. The van der Waals surface area contributed by atoms with Gasteiger partial charge in [-0.25, -0.2) is 0 Å². The molecule has 0 bridgehead atoms. The number of carbonyl (C=O) groups excluding carboxylic acids is 1. The minimum absolute atomic E-state index is 0.240. The molecule has 204 valence electrons. The molecule has 5 aromatic rings. The van der Waals surface area contributed by atoms with Gasteiger partial charge in [0.25, 0.3) is 0 Å². The van der Waals surface area contributed by atoms with E-state index in [0.29, 0.717) is 6.54 Å². The van der Waals surface area contributed by atoms with E-state index in [4.69, 9.17) is 13.9 Å². The number of ether oxygens (including phenoxy) is 2. The summed E-state index contributed by atoms with van der Waals surface area (Å²) in [6.45, 7) is 2.90. The molecule has 0 amide bonds. The molecule has 0 aliphatic rings. The van der Waals surface area contributed by atoms with E-state index in [1.54, 1.807) is 7.11 Å². The average Bonchev–Trinajstić information content (AvgIpc) is 3.41. The van der Waals surface area contributed by atoms with Crippen molar-refractivity contribution in [2.24, 2.45) is 0 Å². The van der Waals surface area contributed by atoms with Gasteiger partial charge in [-0.3, -0.25) is 19.7 Å². The van der Waals surface area contributed by atoms with E-state index in [9.17, 15) is 4.79 Å². The zero-order valence-electron chi connectivity index (χ0n) is 22.7. The number of hydrogen-bond acceptors (Lipinski definition) is 8. The number of nitrogens with one attached hydrogen (secondary N) is 1. The molecule has 3 heterocycles. The van der Waals surface area contributed by atoms with Crippen LogP contribution in [0.3, 0.4) is 0 Å². The highest BCUT2D eigenvalue weighted by Crippen LogP contribution is 2.35. The summed E-state index contributed by atoms with van der Waals surface area (Å²) >= 11 is 0. The Labute approximate surface area is 233 Å². The summed E-state index contributed by atoms with van der Waals surface area (Å²) in [6, 6.07) is 25.6. The lowest BCUT2D eigenvalue weighted by molar-refractivity contribution is -0.139. The van der Waals surface area contributed by atoms with Crippen LogP contribution in [0.1, 0.15) is 17.0 Å². The van der Waals surface area contributed by atoms with E-state index in [0.717, 1.165) is 70.3 Å². The van der Waals surface area contributed by atoms with Crippen LogP contribution >= 0.6 is 0 Å². The number of aromatic nitrogens is 2. The summed E-state index contributed by atoms with van der Waals surface area (Å²) in [5.74, 6) is 1.23. The molecular weight excluding hydrogens is 504 g/mol. The first-order valence-electron chi connectivity index (χ1n) is 13.1. The normalized spacial score (nSPS) is 11.1. The largest absolute Gasteiger partial charge is 0.495 e. The van der Waals surface area contributed by atoms with Crippen LogP contribution in [0.15, 0.2) is 95.7 Å². The van der Waals surface area contributed by atoms with Gasteiger partial charge in [0.05, 0.1) is 37.7 Å². The molecule has 8 heteroatoms. The molecule has 0 saturated heterocycles. The lowest BCUT2D eigenvalue weighted by atomic mass is 10.1. The predicted molar refractivity (Wildman–Crippen MR) is 155 cm³/mol. The summed E-state index contributed by atoms with van der Waals surface area (Å²) < 4.78 is 16.7. The number of methoxy groups -OCH3 is 2. The zero-order chi connectivity index (χ0) is 27.7. The van der Waals surface area contributed by atoms with Crippen LogP contribution in [0.4, 0.5) is 5.69 Å². The van der Waals surface area contributed by atoms with Crippen molar-refractivity contribution in [3.05, 3.63) is 108 Å². The zero-order valence-corrected chi connectivity index (χ0v) is 22.7. The van der Waals surface area contributed by atoms with Crippen molar-refractivity contribution in [1.29, 1.82) is 0 Å². The smallest absolute Gasteiger partial charge is 0.309 e. The van der Waals surface area contributed by atoms with Crippen LogP contribution < -0.4 is 10.1 Å². The van der Waals surface area contributed by atoms with Crippen LogP contribution in [-0.2, 0) is 29.0 Å². The first-order valence-corrected chi connectivity index (χ1v) is 13.1. The fraction of sp³-hybridized carbons (Fsp3) is 0.219. The van der Waals surface area contributed by atoms with E-state index >= 15 is 0 Å². The van der Waals surface area contributed by atoms with Crippen molar-refractivity contribution in [3.63, 3.8) is 0 Å². The van der Waals surface area contributed by atoms with Crippen LogP contribution in [0.2, 0.25) is 0 Å². The monoisotopic (exact) mass is 536 g/mol. The average molecular weight is 537 g/mol. The number of fused-ring (bicyclic) bond motifs is 1. The van der Waals surface area contributed by atoms with Gasteiger partial charge >= 0.3 is 5.97 Å². The quantitative estimate of drug-likeness (QED) is 0.202. The van der Waals surface area contributed by atoms with Gasteiger partial charge in [0.1, 0.15) is 17.1 Å². The Kier molecular flexibility index (Phi) is 8.68. The second kappa shape index (κ2) is 12.9. The molecule has 8 nitrogen and oxygen atoms in total. The number of rotatable bonds is 12. The van der Waals surface area contributed by atoms with Gasteiger partial charge in [0.2, 0.25) is 0 Å². The Morgan fingerprint density at radius 3 is 2.20 bits per heavy atom. The van der Waals surface area contributed by atoms with Gasteiger partial charge in [-0.1, -0.05) is 36.4 Å². The van der Waals surface area contributed by atoms with Crippen molar-refractivity contribution in [2.45, 2.75) is 19.5 Å². The number of furan rings is 1. The van der Waals surface area contributed by atoms with E-state index < -0.39 is 0 Å². The molecule has 0 spiro atoms. The highest BCUT2D eigenvalue weighted by molar-refractivity contribution is 5.88. The summed E-state index contributed by atoms with van der Waals surface area (Å²) in [5.41, 5.74) is 5.46. The molecule has 0 fully saturated rings. The summed E-state index contributed by atoms with van der Waals surface area (Å²) in [4.78, 5) is 22.9. The maximum absolute atomic E-state index is 11.6. The first kappa shape index (κ1) is 26.9. The highest BCUT2D eigenvalue weighted by atomic mass is 16.5. The first-order chi connectivity index (χ1) is 19.6. The van der Waals surface area contributed by atoms with E-state index in [1.807, 2.05) is 91.3 Å². The van der Waals surface area contributed by atoms with Crippen molar-refractivity contribution < 1.29 is 18.7 Å². The minimum Gasteiger partial charge on any atom is -0.495 e. The fourth-order valence-corrected chi connectivity index (χ4v) is 4.55. The lowest BCUT2D eigenvalue weighted by Crippen LogP contribution is -2.29. The van der Waals surface area contributed by atoms with Crippen LogP contribution in [0.25, 0.3) is 22.3 Å². The van der Waals surface area contributed by atoms with E-state index in [1.165, 1.54) is 7.11 Å². The third-order valence-electron chi connectivity index (χ3n) is 6.62. The Bertz CT molecular complexity index is 1500. The molecule has 0 radical (unpaired) electrons. The molecule has 0 aliphatic carbocycles. The van der Waals surface area contributed by atoms with Crippen LogP contribution in [0, 0.1) is 0 Å². The van der Waals surface area contributed by atoms with Gasteiger partial charge in [0, 0.05) is 55.6 Å². The third kappa shape index (κ3) is 6.84. The summed E-state index contributed by atoms with van der Waals surface area (Å²) in [6.07, 6.45) is 3.88. The highest BCUT2D eigenvalue weighted by Gasteiger charge is 2.14.